The van der Waals surface area contributed by atoms with Crippen LogP contribution in [0.4, 0.5) is 4.39 Å². The molecule has 2 nitrogen and oxygen atoms in total. The molecule has 0 atom stereocenters. The molecule has 142 valence electrons. The minimum Gasteiger partial charge on any atom is -0.318 e. The number of halogens is 1. The lowest BCUT2D eigenvalue weighted by atomic mass is 9.87. The van der Waals surface area contributed by atoms with Gasteiger partial charge in [-0.1, -0.05) is 45.0 Å². The smallest absolute Gasteiger partial charge is 0.123 e. The molecule has 0 radical (unpaired) electrons. The van der Waals surface area contributed by atoms with Crippen LogP contribution in [0.25, 0.3) is 17.3 Å². The fourth-order valence-corrected chi connectivity index (χ4v) is 3.41. The van der Waals surface area contributed by atoms with Gasteiger partial charge >= 0.3 is 0 Å². The minimum atomic E-state index is -0.307. The Morgan fingerprint density at radius 2 is 1.61 bits per heavy atom. The highest BCUT2D eigenvalue weighted by molar-refractivity contribution is 5.90. The summed E-state index contributed by atoms with van der Waals surface area (Å²) in [5.41, 5.74) is 6.89. The first kappa shape index (κ1) is 19.6. The maximum absolute atomic E-state index is 13.2. The lowest BCUT2D eigenvalue weighted by Gasteiger charge is -2.20. The van der Waals surface area contributed by atoms with Crippen LogP contribution in [0, 0.1) is 31.0 Å². The zero-order chi connectivity index (χ0) is 20.5. The van der Waals surface area contributed by atoms with Crippen molar-refractivity contribution in [3.05, 3.63) is 88.5 Å². The predicted molar refractivity (Wildman–Crippen MR) is 114 cm³/mol. The van der Waals surface area contributed by atoms with Gasteiger partial charge < -0.3 is 4.57 Å². The second kappa shape index (κ2) is 7.48. The van der Waals surface area contributed by atoms with Crippen molar-refractivity contribution >= 4 is 11.6 Å². The summed E-state index contributed by atoms with van der Waals surface area (Å²) in [5.74, 6) is -0.307. The summed E-state index contributed by atoms with van der Waals surface area (Å²) in [6, 6.07) is 18.9. The normalized spacial score (nSPS) is 12.1. The Balaban J connectivity index is 2.02. The van der Waals surface area contributed by atoms with Crippen molar-refractivity contribution in [2.75, 3.05) is 0 Å². The van der Waals surface area contributed by atoms with Crippen molar-refractivity contribution < 1.29 is 4.39 Å². The summed E-state index contributed by atoms with van der Waals surface area (Å²) >= 11 is 0. The molecule has 3 rings (SSSR count). The molecule has 1 heterocycles. The van der Waals surface area contributed by atoms with Crippen molar-refractivity contribution in [3.8, 4) is 11.8 Å². The van der Waals surface area contributed by atoms with E-state index in [2.05, 4.69) is 75.6 Å². The number of rotatable bonds is 3. The average molecular weight is 372 g/mol. The number of hydrogen-bond acceptors (Lipinski definition) is 1. The number of hydrogen-bond donors (Lipinski definition) is 0. The van der Waals surface area contributed by atoms with Gasteiger partial charge in [-0.15, -0.1) is 0 Å². The molecule has 28 heavy (non-hydrogen) atoms. The first-order valence-electron chi connectivity index (χ1n) is 9.38. The number of aryl methyl sites for hydroxylation is 1. The van der Waals surface area contributed by atoms with Crippen LogP contribution in [0.5, 0.6) is 0 Å². The van der Waals surface area contributed by atoms with Gasteiger partial charge in [0.05, 0.1) is 11.6 Å². The fraction of sp³-hybridized carbons (Fsp3) is 0.240. The highest BCUT2D eigenvalue weighted by atomic mass is 19.1. The van der Waals surface area contributed by atoms with E-state index >= 15 is 0 Å². The van der Waals surface area contributed by atoms with E-state index in [1.807, 2.05) is 6.08 Å². The standard InChI is InChI=1S/C25H25FN2/c1-17-14-20(15-21(16-27)19-6-10-23(26)11-7-19)18(2)28(17)24-12-8-22(9-13-24)25(3,4)5/h6-15H,1-5H3/b21-15-. The van der Waals surface area contributed by atoms with E-state index in [4.69, 9.17) is 0 Å². The predicted octanol–water partition coefficient (Wildman–Crippen LogP) is 6.59. The maximum Gasteiger partial charge on any atom is 0.123 e. The second-order valence-corrected chi connectivity index (χ2v) is 8.14. The van der Waals surface area contributed by atoms with Gasteiger partial charge in [0.2, 0.25) is 0 Å². The summed E-state index contributed by atoms with van der Waals surface area (Å²) in [6.07, 6.45) is 1.87. The molecule has 3 aromatic rings. The zero-order valence-electron chi connectivity index (χ0n) is 17.0. The van der Waals surface area contributed by atoms with E-state index in [0.717, 1.165) is 22.6 Å². The van der Waals surface area contributed by atoms with Gasteiger partial charge in [-0.2, -0.15) is 5.26 Å². The van der Waals surface area contributed by atoms with E-state index in [1.54, 1.807) is 12.1 Å². The van der Waals surface area contributed by atoms with Gasteiger partial charge in [0, 0.05) is 17.1 Å². The lowest BCUT2D eigenvalue weighted by Crippen LogP contribution is -2.11. The van der Waals surface area contributed by atoms with Gasteiger partial charge in [0.25, 0.3) is 0 Å². The Labute approximate surface area is 166 Å². The molecule has 0 spiro atoms. The van der Waals surface area contributed by atoms with Crippen LogP contribution in [0.1, 0.15) is 48.8 Å². The molecule has 0 bridgehead atoms. The van der Waals surface area contributed by atoms with Gasteiger partial charge in [-0.3, -0.25) is 0 Å². The summed E-state index contributed by atoms with van der Waals surface area (Å²) in [6.45, 7) is 10.7. The number of benzene rings is 2. The summed E-state index contributed by atoms with van der Waals surface area (Å²) < 4.78 is 15.4. The van der Waals surface area contributed by atoms with Crippen molar-refractivity contribution in [1.29, 1.82) is 5.26 Å². The molecule has 0 aliphatic rings. The highest BCUT2D eigenvalue weighted by Crippen LogP contribution is 2.27. The largest absolute Gasteiger partial charge is 0.318 e. The minimum absolute atomic E-state index is 0.115. The molecular formula is C25H25FN2. The van der Waals surface area contributed by atoms with Crippen LogP contribution in [0.2, 0.25) is 0 Å². The highest BCUT2D eigenvalue weighted by Gasteiger charge is 2.15. The Hall–Kier alpha value is -3.12. The SMILES string of the molecule is Cc1cc(/C=C(/C#N)c2ccc(F)cc2)c(C)n1-c1ccc(C(C)(C)C)cc1. The number of nitrogens with zero attached hydrogens (tertiary/aromatic N) is 2. The second-order valence-electron chi connectivity index (χ2n) is 8.14. The van der Waals surface area contributed by atoms with E-state index < -0.39 is 0 Å². The van der Waals surface area contributed by atoms with Crippen molar-refractivity contribution in [3.63, 3.8) is 0 Å². The first-order valence-corrected chi connectivity index (χ1v) is 9.38. The molecule has 1 aromatic heterocycles. The zero-order valence-corrected chi connectivity index (χ0v) is 17.0. The Morgan fingerprint density at radius 3 is 2.14 bits per heavy atom. The summed E-state index contributed by atoms with van der Waals surface area (Å²) in [7, 11) is 0. The third-order valence-electron chi connectivity index (χ3n) is 5.04. The number of aromatic nitrogens is 1. The first-order chi connectivity index (χ1) is 13.2. The van der Waals surface area contributed by atoms with Crippen LogP contribution in [0.15, 0.2) is 54.6 Å². The van der Waals surface area contributed by atoms with Crippen LogP contribution < -0.4 is 0 Å². The number of nitriles is 1. The molecule has 0 N–H and O–H groups in total. The van der Waals surface area contributed by atoms with Crippen LogP contribution in [-0.4, -0.2) is 4.57 Å². The van der Waals surface area contributed by atoms with E-state index in [9.17, 15) is 9.65 Å². The maximum atomic E-state index is 13.2. The van der Waals surface area contributed by atoms with Gasteiger partial charge in [0.15, 0.2) is 0 Å². The molecule has 3 heteroatoms. The van der Waals surface area contributed by atoms with Crippen LogP contribution in [-0.2, 0) is 5.41 Å². The lowest BCUT2D eigenvalue weighted by molar-refractivity contribution is 0.590. The van der Waals surface area contributed by atoms with E-state index in [0.29, 0.717) is 11.1 Å². The van der Waals surface area contributed by atoms with E-state index in [-0.39, 0.29) is 11.2 Å². The van der Waals surface area contributed by atoms with Crippen LogP contribution in [0.3, 0.4) is 0 Å². The fourth-order valence-electron chi connectivity index (χ4n) is 3.41. The third kappa shape index (κ3) is 3.92. The van der Waals surface area contributed by atoms with Gasteiger partial charge in [-0.25, -0.2) is 4.39 Å². The van der Waals surface area contributed by atoms with Gasteiger partial charge in [-0.05, 0) is 72.4 Å². The molecule has 0 saturated carbocycles. The molecule has 0 unspecified atom stereocenters. The molecule has 2 aromatic carbocycles. The molecule has 0 saturated heterocycles. The molecule has 0 amide bonds. The monoisotopic (exact) mass is 372 g/mol. The Bertz CT molecular complexity index is 1050. The third-order valence-corrected chi connectivity index (χ3v) is 5.04. The van der Waals surface area contributed by atoms with Gasteiger partial charge in [0.1, 0.15) is 5.82 Å². The van der Waals surface area contributed by atoms with Crippen molar-refractivity contribution in [2.24, 2.45) is 0 Å². The quantitative estimate of drug-likeness (QED) is 0.476. The topological polar surface area (TPSA) is 28.7 Å². The Kier molecular flexibility index (Phi) is 5.25. The van der Waals surface area contributed by atoms with E-state index in [1.165, 1.54) is 17.7 Å². The number of allylic oxidation sites excluding steroid dienone is 1. The molecule has 0 aliphatic carbocycles. The summed E-state index contributed by atoms with van der Waals surface area (Å²) in [5, 5.41) is 9.58. The molecule has 0 aliphatic heterocycles. The van der Waals surface area contributed by atoms with Crippen molar-refractivity contribution in [2.45, 2.75) is 40.0 Å². The Morgan fingerprint density at radius 1 is 1.00 bits per heavy atom. The molecular weight excluding hydrogens is 347 g/mol. The average Bonchev–Trinajstić information content (AvgIpc) is 2.93. The molecule has 0 fully saturated rings. The van der Waals surface area contributed by atoms with Crippen molar-refractivity contribution in [1.82, 2.24) is 4.57 Å². The summed E-state index contributed by atoms with van der Waals surface area (Å²) in [4.78, 5) is 0. The van der Waals surface area contributed by atoms with Crippen LogP contribution >= 0.6 is 0 Å².